The third-order valence-corrected chi connectivity index (χ3v) is 3.61. The molecule has 104 valence electrons. The Kier molecular flexibility index (Phi) is 4.80. The molecule has 0 aliphatic carbocycles. The van der Waals surface area contributed by atoms with Crippen LogP contribution < -0.4 is 5.32 Å². The van der Waals surface area contributed by atoms with Gasteiger partial charge in [-0.05, 0) is 56.5 Å². The van der Waals surface area contributed by atoms with Gasteiger partial charge in [-0.1, -0.05) is 12.1 Å². The fourth-order valence-electron chi connectivity index (χ4n) is 2.68. The van der Waals surface area contributed by atoms with Crippen LogP contribution in [0.25, 0.3) is 0 Å². The molecule has 1 heterocycles. The van der Waals surface area contributed by atoms with Crippen molar-refractivity contribution in [1.82, 2.24) is 5.32 Å². The molecule has 0 bridgehead atoms. The van der Waals surface area contributed by atoms with Crippen LogP contribution in [-0.4, -0.2) is 30.8 Å². The predicted octanol–water partition coefficient (Wildman–Crippen LogP) is 1.72. The van der Waals surface area contributed by atoms with Gasteiger partial charge in [0.15, 0.2) is 0 Å². The van der Waals surface area contributed by atoms with E-state index < -0.39 is 0 Å². The Morgan fingerprint density at radius 1 is 1.53 bits per heavy atom. The molecule has 1 saturated heterocycles. The quantitative estimate of drug-likeness (QED) is 0.812. The summed E-state index contributed by atoms with van der Waals surface area (Å²) < 4.78 is 5.16. The Labute approximate surface area is 113 Å². The second-order valence-electron chi connectivity index (χ2n) is 4.99. The van der Waals surface area contributed by atoms with E-state index in [4.69, 9.17) is 4.74 Å². The van der Waals surface area contributed by atoms with E-state index in [1.54, 1.807) is 12.1 Å². The molecule has 0 unspecified atom stereocenters. The highest BCUT2D eigenvalue weighted by atomic mass is 16.5. The Bertz CT molecular complexity index is 433. The van der Waals surface area contributed by atoms with Crippen molar-refractivity contribution in [3.05, 3.63) is 29.8 Å². The lowest BCUT2D eigenvalue weighted by Gasteiger charge is -2.30. The van der Waals surface area contributed by atoms with Gasteiger partial charge in [-0.3, -0.25) is 4.79 Å². The summed E-state index contributed by atoms with van der Waals surface area (Å²) in [5.74, 6) is 0.376. The first-order chi connectivity index (χ1) is 9.20. The van der Waals surface area contributed by atoms with Crippen LogP contribution in [0, 0.1) is 11.8 Å². The summed E-state index contributed by atoms with van der Waals surface area (Å²) in [6, 6.07) is 7.24. The van der Waals surface area contributed by atoms with E-state index in [1.165, 1.54) is 0 Å². The first kappa shape index (κ1) is 13.9. The van der Waals surface area contributed by atoms with Gasteiger partial charge in [-0.15, -0.1) is 0 Å². The number of ether oxygens (including phenoxy) is 1. The maximum absolute atomic E-state index is 12.0. The number of carbonyl (C=O) groups is 1. The van der Waals surface area contributed by atoms with E-state index in [9.17, 15) is 9.90 Å². The number of hydrogen-bond donors (Lipinski definition) is 2. The standard InChI is InChI=1S/C15H21NO3/c1-2-19-15(18)14-6-7-16-10-12(14)8-11-4-3-5-13(17)9-11/h3-5,9,12,14,16-17H,2,6-8,10H2,1H3/t12-,14+/m1/s1. The zero-order chi connectivity index (χ0) is 13.7. The van der Waals surface area contributed by atoms with E-state index in [-0.39, 0.29) is 23.6 Å². The van der Waals surface area contributed by atoms with Crippen LogP contribution in [0.3, 0.4) is 0 Å². The molecule has 4 heteroatoms. The molecule has 0 amide bonds. The highest BCUT2D eigenvalue weighted by Gasteiger charge is 2.31. The van der Waals surface area contributed by atoms with Crippen LogP contribution in [0.2, 0.25) is 0 Å². The summed E-state index contributed by atoms with van der Waals surface area (Å²) in [7, 11) is 0. The summed E-state index contributed by atoms with van der Waals surface area (Å²) >= 11 is 0. The maximum atomic E-state index is 12.0. The highest BCUT2D eigenvalue weighted by molar-refractivity contribution is 5.73. The van der Waals surface area contributed by atoms with Crippen molar-refractivity contribution in [1.29, 1.82) is 0 Å². The molecule has 0 radical (unpaired) electrons. The van der Waals surface area contributed by atoms with Crippen molar-refractivity contribution in [2.24, 2.45) is 11.8 Å². The highest BCUT2D eigenvalue weighted by Crippen LogP contribution is 2.25. The van der Waals surface area contributed by atoms with Crippen LogP contribution in [0.1, 0.15) is 18.9 Å². The van der Waals surface area contributed by atoms with Crippen LogP contribution in [0.4, 0.5) is 0 Å². The monoisotopic (exact) mass is 263 g/mol. The molecule has 0 spiro atoms. The molecule has 1 aliphatic heterocycles. The minimum Gasteiger partial charge on any atom is -0.508 e. The normalized spacial score (nSPS) is 23.0. The molecule has 19 heavy (non-hydrogen) atoms. The topological polar surface area (TPSA) is 58.6 Å². The van der Waals surface area contributed by atoms with Gasteiger partial charge in [0.2, 0.25) is 0 Å². The molecular weight excluding hydrogens is 242 g/mol. The van der Waals surface area contributed by atoms with Gasteiger partial charge in [-0.2, -0.15) is 0 Å². The summed E-state index contributed by atoms with van der Waals surface area (Å²) in [5.41, 5.74) is 1.06. The van der Waals surface area contributed by atoms with Crippen molar-refractivity contribution in [2.45, 2.75) is 19.8 Å². The maximum Gasteiger partial charge on any atom is 0.309 e. The first-order valence-electron chi connectivity index (χ1n) is 6.86. The number of phenols is 1. The Morgan fingerprint density at radius 2 is 2.37 bits per heavy atom. The first-order valence-corrected chi connectivity index (χ1v) is 6.86. The fraction of sp³-hybridized carbons (Fsp3) is 0.533. The average molecular weight is 263 g/mol. The Hall–Kier alpha value is -1.55. The molecule has 1 aliphatic rings. The van der Waals surface area contributed by atoms with E-state index in [2.05, 4.69) is 5.32 Å². The third kappa shape index (κ3) is 3.70. The van der Waals surface area contributed by atoms with Crippen molar-refractivity contribution in [3.63, 3.8) is 0 Å². The lowest BCUT2D eigenvalue weighted by atomic mass is 9.82. The summed E-state index contributed by atoms with van der Waals surface area (Å²) in [4.78, 5) is 12.0. The second kappa shape index (κ2) is 6.57. The van der Waals surface area contributed by atoms with Gasteiger partial charge in [0, 0.05) is 0 Å². The van der Waals surface area contributed by atoms with Crippen molar-refractivity contribution < 1.29 is 14.6 Å². The zero-order valence-electron chi connectivity index (χ0n) is 11.3. The van der Waals surface area contributed by atoms with Crippen LogP contribution in [0.5, 0.6) is 5.75 Å². The van der Waals surface area contributed by atoms with E-state index in [0.717, 1.165) is 31.5 Å². The van der Waals surface area contributed by atoms with E-state index in [1.807, 2.05) is 19.1 Å². The molecule has 1 aromatic rings. The molecule has 2 rings (SSSR count). The van der Waals surface area contributed by atoms with Crippen molar-refractivity contribution >= 4 is 5.97 Å². The summed E-state index contributed by atoms with van der Waals surface area (Å²) in [6.07, 6.45) is 1.60. The Balaban J connectivity index is 2.05. The molecule has 2 atom stereocenters. The Morgan fingerprint density at radius 3 is 3.11 bits per heavy atom. The van der Waals surface area contributed by atoms with E-state index in [0.29, 0.717) is 6.61 Å². The van der Waals surface area contributed by atoms with Crippen molar-refractivity contribution in [2.75, 3.05) is 19.7 Å². The largest absolute Gasteiger partial charge is 0.508 e. The van der Waals surface area contributed by atoms with Crippen LogP contribution >= 0.6 is 0 Å². The number of piperidine rings is 1. The fourth-order valence-corrected chi connectivity index (χ4v) is 2.68. The molecule has 2 N–H and O–H groups in total. The number of hydrogen-bond acceptors (Lipinski definition) is 4. The third-order valence-electron chi connectivity index (χ3n) is 3.61. The number of aromatic hydroxyl groups is 1. The van der Waals surface area contributed by atoms with Crippen LogP contribution in [-0.2, 0) is 16.0 Å². The number of nitrogens with one attached hydrogen (secondary N) is 1. The molecule has 4 nitrogen and oxygen atoms in total. The minimum atomic E-state index is -0.0887. The molecule has 1 aromatic carbocycles. The van der Waals surface area contributed by atoms with E-state index >= 15 is 0 Å². The SMILES string of the molecule is CCOC(=O)[C@H]1CCNC[C@H]1Cc1cccc(O)c1. The van der Waals surface area contributed by atoms with Gasteiger partial charge >= 0.3 is 5.97 Å². The van der Waals surface area contributed by atoms with Gasteiger partial charge in [0.25, 0.3) is 0 Å². The number of carbonyl (C=O) groups excluding carboxylic acids is 1. The number of rotatable bonds is 4. The predicted molar refractivity (Wildman–Crippen MR) is 72.9 cm³/mol. The van der Waals surface area contributed by atoms with Gasteiger partial charge in [0.1, 0.15) is 5.75 Å². The number of phenolic OH excluding ortho intramolecular Hbond substituents is 1. The zero-order valence-corrected chi connectivity index (χ0v) is 11.3. The minimum absolute atomic E-state index is 0.0384. The average Bonchev–Trinajstić information content (AvgIpc) is 2.39. The molecule has 0 aromatic heterocycles. The van der Waals surface area contributed by atoms with Gasteiger partial charge < -0.3 is 15.2 Å². The molecule has 1 fully saturated rings. The summed E-state index contributed by atoms with van der Waals surface area (Å²) in [6.45, 7) is 3.95. The summed E-state index contributed by atoms with van der Waals surface area (Å²) in [5, 5.41) is 12.8. The lowest BCUT2D eigenvalue weighted by molar-refractivity contribution is -0.150. The molecular formula is C15H21NO3. The lowest BCUT2D eigenvalue weighted by Crippen LogP contribution is -2.41. The molecule has 0 saturated carbocycles. The number of esters is 1. The second-order valence-corrected chi connectivity index (χ2v) is 4.99. The van der Waals surface area contributed by atoms with Gasteiger partial charge in [-0.25, -0.2) is 0 Å². The van der Waals surface area contributed by atoms with Crippen LogP contribution in [0.15, 0.2) is 24.3 Å². The van der Waals surface area contributed by atoms with Crippen molar-refractivity contribution in [3.8, 4) is 5.75 Å². The van der Waals surface area contributed by atoms with Gasteiger partial charge in [0.05, 0.1) is 12.5 Å². The number of benzene rings is 1. The smallest absolute Gasteiger partial charge is 0.309 e.